The summed E-state index contributed by atoms with van der Waals surface area (Å²) in [5, 5.41) is 12.6. The molecule has 2 aromatic rings. The molecule has 0 saturated carbocycles. The summed E-state index contributed by atoms with van der Waals surface area (Å²) in [4.78, 5) is 6.87. The molecule has 0 aliphatic carbocycles. The quantitative estimate of drug-likeness (QED) is 0.787. The second-order valence-electron chi connectivity index (χ2n) is 3.32. The Bertz CT molecular complexity index is 537. The highest BCUT2D eigenvalue weighted by Crippen LogP contribution is 2.26. The Morgan fingerprint density at radius 3 is 2.76 bits per heavy atom. The van der Waals surface area contributed by atoms with Crippen molar-refractivity contribution in [2.45, 2.75) is 12.3 Å². The Morgan fingerprint density at radius 1 is 1.47 bits per heavy atom. The second-order valence-corrected chi connectivity index (χ2v) is 3.32. The van der Waals surface area contributed by atoms with E-state index in [0.29, 0.717) is 0 Å². The summed E-state index contributed by atoms with van der Waals surface area (Å²) >= 11 is 0. The van der Waals surface area contributed by atoms with Crippen LogP contribution in [0.3, 0.4) is 0 Å². The number of aliphatic hydroxyl groups is 1. The number of nitrogens with two attached hydrogens (primary N) is 1. The standard InChI is InChI=1S/C8H8F3N5O/c9-8(10,11)6-14-7-13-2-4(5(17)1-12)3-16(7)15-6/h2-3,5,17H,1,12H2. The summed E-state index contributed by atoms with van der Waals surface area (Å²) in [6.45, 7) is -0.0615. The van der Waals surface area contributed by atoms with Gasteiger partial charge in [0.2, 0.25) is 0 Å². The summed E-state index contributed by atoms with van der Waals surface area (Å²) in [6, 6.07) is 0. The minimum absolute atomic E-state index is 0.0615. The Hall–Kier alpha value is -1.74. The average Bonchev–Trinajstić information content (AvgIpc) is 2.70. The van der Waals surface area contributed by atoms with Gasteiger partial charge < -0.3 is 10.8 Å². The number of halogens is 3. The van der Waals surface area contributed by atoms with Crippen LogP contribution in [0.1, 0.15) is 17.5 Å². The molecule has 0 saturated heterocycles. The van der Waals surface area contributed by atoms with E-state index in [4.69, 9.17) is 5.73 Å². The molecule has 6 nitrogen and oxygen atoms in total. The molecule has 1 unspecified atom stereocenters. The number of hydrogen-bond acceptors (Lipinski definition) is 5. The van der Waals surface area contributed by atoms with Crippen molar-refractivity contribution in [2.75, 3.05) is 6.54 Å². The fourth-order valence-corrected chi connectivity index (χ4v) is 1.22. The van der Waals surface area contributed by atoms with Crippen molar-refractivity contribution in [3.63, 3.8) is 0 Å². The van der Waals surface area contributed by atoms with Gasteiger partial charge in [-0.05, 0) is 0 Å². The number of nitrogens with zero attached hydrogens (tertiary/aromatic N) is 4. The van der Waals surface area contributed by atoms with Gasteiger partial charge >= 0.3 is 6.18 Å². The first-order valence-electron chi connectivity index (χ1n) is 4.59. The fraction of sp³-hybridized carbons (Fsp3) is 0.375. The topological polar surface area (TPSA) is 89.3 Å². The van der Waals surface area contributed by atoms with Gasteiger partial charge in [-0.1, -0.05) is 0 Å². The van der Waals surface area contributed by atoms with Crippen LogP contribution >= 0.6 is 0 Å². The molecular formula is C8H8F3N5O. The van der Waals surface area contributed by atoms with Gasteiger partial charge in [-0.15, -0.1) is 5.10 Å². The zero-order valence-electron chi connectivity index (χ0n) is 8.39. The van der Waals surface area contributed by atoms with Gasteiger partial charge in [0.15, 0.2) is 0 Å². The number of aliphatic hydroxyl groups excluding tert-OH is 1. The van der Waals surface area contributed by atoms with E-state index in [-0.39, 0.29) is 17.9 Å². The van der Waals surface area contributed by atoms with Crippen LogP contribution in [-0.4, -0.2) is 31.2 Å². The molecule has 2 heterocycles. The molecule has 0 amide bonds. The van der Waals surface area contributed by atoms with Gasteiger partial charge in [-0.3, -0.25) is 0 Å². The zero-order valence-corrected chi connectivity index (χ0v) is 8.39. The Kier molecular flexibility index (Phi) is 2.71. The molecule has 17 heavy (non-hydrogen) atoms. The first-order chi connectivity index (χ1) is 7.91. The molecule has 0 aliphatic rings. The fourth-order valence-electron chi connectivity index (χ4n) is 1.22. The highest BCUT2D eigenvalue weighted by molar-refractivity contribution is 5.28. The van der Waals surface area contributed by atoms with E-state index in [1.807, 2.05) is 0 Å². The summed E-state index contributed by atoms with van der Waals surface area (Å²) in [5.41, 5.74) is 5.50. The van der Waals surface area contributed by atoms with Crippen LogP contribution in [0, 0.1) is 0 Å². The molecule has 0 spiro atoms. The van der Waals surface area contributed by atoms with Crippen LogP contribution < -0.4 is 5.73 Å². The average molecular weight is 247 g/mol. The third-order valence-corrected chi connectivity index (χ3v) is 2.08. The van der Waals surface area contributed by atoms with E-state index in [1.165, 1.54) is 12.4 Å². The molecule has 2 rings (SSSR count). The van der Waals surface area contributed by atoms with Crippen LogP contribution in [-0.2, 0) is 6.18 Å². The van der Waals surface area contributed by atoms with Crippen molar-refractivity contribution >= 4 is 5.78 Å². The van der Waals surface area contributed by atoms with Crippen molar-refractivity contribution in [3.8, 4) is 0 Å². The second kappa shape index (κ2) is 3.93. The van der Waals surface area contributed by atoms with Gasteiger partial charge in [0, 0.05) is 24.5 Å². The molecule has 0 fully saturated rings. The predicted octanol–water partition coefficient (Wildman–Crippen LogP) is 0.135. The van der Waals surface area contributed by atoms with Crippen molar-refractivity contribution in [3.05, 3.63) is 23.8 Å². The number of alkyl halides is 3. The molecule has 2 aromatic heterocycles. The summed E-state index contributed by atoms with van der Waals surface area (Å²) in [6.07, 6.45) is -3.20. The first kappa shape index (κ1) is 11.7. The number of hydrogen-bond donors (Lipinski definition) is 2. The van der Waals surface area contributed by atoms with E-state index in [2.05, 4.69) is 15.1 Å². The molecule has 9 heteroatoms. The lowest BCUT2D eigenvalue weighted by molar-refractivity contribution is -0.144. The first-order valence-corrected chi connectivity index (χ1v) is 4.59. The lowest BCUT2D eigenvalue weighted by atomic mass is 10.2. The minimum atomic E-state index is -4.62. The predicted molar refractivity (Wildman–Crippen MR) is 49.8 cm³/mol. The van der Waals surface area contributed by atoms with Crippen LogP contribution in [0.4, 0.5) is 13.2 Å². The van der Waals surface area contributed by atoms with E-state index in [0.717, 1.165) is 4.52 Å². The van der Waals surface area contributed by atoms with E-state index in [1.54, 1.807) is 0 Å². The maximum absolute atomic E-state index is 12.3. The van der Waals surface area contributed by atoms with E-state index < -0.39 is 18.1 Å². The number of rotatable bonds is 2. The summed E-state index contributed by atoms with van der Waals surface area (Å²) in [7, 11) is 0. The van der Waals surface area contributed by atoms with Crippen molar-refractivity contribution in [2.24, 2.45) is 5.73 Å². The van der Waals surface area contributed by atoms with Crippen LogP contribution in [0.25, 0.3) is 5.78 Å². The molecular weight excluding hydrogens is 239 g/mol. The molecule has 0 aromatic carbocycles. The van der Waals surface area contributed by atoms with Gasteiger partial charge in [-0.25, -0.2) is 9.50 Å². The van der Waals surface area contributed by atoms with Crippen LogP contribution in [0.15, 0.2) is 12.4 Å². The zero-order chi connectivity index (χ0) is 12.6. The number of aromatic nitrogens is 4. The van der Waals surface area contributed by atoms with Crippen molar-refractivity contribution in [1.29, 1.82) is 0 Å². The smallest absolute Gasteiger partial charge is 0.387 e. The normalized spacial score (nSPS) is 14.2. The van der Waals surface area contributed by atoms with Gasteiger partial charge in [0.1, 0.15) is 0 Å². The third-order valence-electron chi connectivity index (χ3n) is 2.08. The Morgan fingerprint density at radius 2 is 2.18 bits per heavy atom. The molecule has 3 N–H and O–H groups in total. The summed E-state index contributed by atoms with van der Waals surface area (Å²) < 4.78 is 37.8. The highest BCUT2D eigenvalue weighted by Gasteiger charge is 2.36. The third kappa shape index (κ3) is 2.19. The minimum Gasteiger partial charge on any atom is -0.387 e. The van der Waals surface area contributed by atoms with Crippen LogP contribution in [0.2, 0.25) is 0 Å². The molecule has 92 valence electrons. The molecule has 0 aliphatic heterocycles. The van der Waals surface area contributed by atoms with Gasteiger partial charge in [0.05, 0.1) is 6.10 Å². The Balaban J connectivity index is 2.48. The van der Waals surface area contributed by atoms with E-state index in [9.17, 15) is 18.3 Å². The Labute approximate surface area is 92.9 Å². The lowest BCUT2D eigenvalue weighted by Gasteiger charge is -2.06. The highest BCUT2D eigenvalue weighted by atomic mass is 19.4. The number of fused-ring (bicyclic) bond motifs is 1. The van der Waals surface area contributed by atoms with Gasteiger partial charge in [0.25, 0.3) is 11.6 Å². The maximum atomic E-state index is 12.3. The molecule has 1 atom stereocenters. The largest absolute Gasteiger partial charge is 0.453 e. The SMILES string of the molecule is NCC(O)c1cnc2nc(C(F)(F)F)nn2c1. The monoisotopic (exact) mass is 247 g/mol. The van der Waals surface area contributed by atoms with E-state index >= 15 is 0 Å². The lowest BCUT2D eigenvalue weighted by Crippen LogP contribution is -2.12. The molecule has 0 radical (unpaired) electrons. The van der Waals surface area contributed by atoms with Gasteiger partial charge in [-0.2, -0.15) is 18.2 Å². The summed E-state index contributed by atoms with van der Waals surface area (Å²) in [5.74, 6) is -1.46. The van der Waals surface area contributed by atoms with Crippen LogP contribution in [0.5, 0.6) is 0 Å². The molecule has 0 bridgehead atoms. The maximum Gasteiger partial charge on any atom is 0.453 e. The van der Waals surface area contributed by atoms with Crippen molar-refractivity contribution < 1.29 is 18.3 Å². The van der Waals surface area contributed by atoms with Crippen molar-refractivity contribution in [1.82, 2.24) is 19.6 Å².